The summed E-state index contributed by atoms with van der Waals surface area (Å²) in [6.07, 6.45) is 8.20. The van der Waals surface area contributed by atoms with E-state index in [-0.39, 0.29) is 24.2 Å². The Hall–Kier alpha value is -2.92. The fourth-order valence-corrected chi connectivity index (χ4v) is 5.06. The van der Waals surface area contributed by atoms with E-state index in [1.807, 2.05) is 13.1 Å². The van der Waals surface area contributed by atoms with Crippen LogP contribution >= 0.6 is 11.6 Å². The van der Waals surface area contributed by atoms with E-state index in [1.54, 1.807) is 12.3 Å². The molecule has 1 amide bonds. The highest BCUT2D eigenvalue weighted by molar-refractivity contribution is 6.35. The van der Waals surface area contributed by atoms with Gasteiger partial charge in [-0.3, -0.25) is 9.78 Å². The van der Waals surface area contributed by atoms with E-state index in [0.717, 1.165) is 43.0 Å². The molecule has 4 rings (SSSR count). The summed E-state index contributed by atoms with van der Waals surface area (Å²) < 4.78 is 14.5. The normalized spacial score (nSPS) is 13.3. The Morgan fingerprint density at radius 2 is 1.97 bits per heavy atom. The fraction of sp³-hybridized carbons (Fsp3) is 0.379. The monoisotopic (exact) mass is 493 g/mol. The highest BCUT2D eigenvalue weighted by Gasteiger charge is 2.19. The third kappa shape index (κ3) is 5.84. The van der Waals surface area contributed by atoms with Gasteiger partial charge in [0.15, 0.2) is 0 Å². The molecule has 35 heavy (non-hydrogen) atoms. The van der Waals surface area contributed by atoms with Crippen LogP contribution in [0.3, 0.4) is 0 Å². The Morgan fingerprint density at radius 3 is 2.74 bits per heavy atom. The van der Waals surface area contributed by atoms with Gasteiger partial charge in [-0.15, -0.1) is 0 Å². The number of nitrogens with zero attached hydrogens (tertiary/aromatic N) is 1. The minimum absolute atomic E-state index is 0.0249. The number of benzene rings is 2. The van der Waals surface area contributed by atoms with Gasteiger partial charge in [-0.05, 0) is 74.4 Å². The highest BCUT2D eigenvalue weighted by atomic mass is 35.5. The van der Waals surface area contributed by atoms with Crippen molar-refractivity contribution in [3.05, 3.63) is 76.3 Å². The number of carbonyl (C=O) groups excluding carboxylic acids is 1. The van der Waals surface area contributed by atoms with Crippen molar-refractivity contribution < 1.29 is 9.18 Å². The number of nitrogens with one attached hydrogen (secondary N) is 2. The van der Waals surface area contributed by atoms with Crippen LogP contribution in [0.4, 0.5) is 4.39 Å². The number of hydrogen-bond acceptors (Lipinski definition) is 2. The van der Waals surface area contributed by atoms with Crippen molar-refractivity contribution in [2.75, 3.05) is 0 Å². The van der Waals surface area contributed by atoms with Crippen molar-refractivity contribution in [3.8, 4) is 0 Å². The summed E-state index contributed by atoms with van der Waals surface area (Å²) in [6, 6.07) is 11.7. The van der Waals surface area contributed by atoms with E-state index < -0.39 is 0 Å². The zero-order chi connectivity index (χ0) is 24.9. The van der Waals surface area contributed by atoms with Gasteiger partial charge in [0.25, 0.3) is 0 Å². The molecule has 0 bridgehead atoms. The molecule has 4 aromatic rings. The first-order valence-corrected chi connectivity index (χ1v) is 12.9. The maximum Gasteiger partial charge on any atom is 0.223 e. The summed E-state index contributed by atoms with van der Waals surface area (Å²) in [5.41, 5.74) is 4.60. The predicted molar refractivity (Wildman–Crippen MR) is 142 cm³/mol. The number of fused-ring (bicyclic) bond motifs is 2. The number of carbonyl (C=O) groups is 1. The lowest BCUT2D eigenvalue weighted by molar-refractivity contribution is -0.125. The zero-order valence-corrected chi connectivity index (χ0v) is 21.4. The van der Waals surface area contributed by atoms with Crippen molar-refractivity contribution in [2.45, 2.75) is 65.3 Å². The van der Waals surface area contributed by atoms with Crippen LogP contribution in [0.1, 0.15) is 68.6 Å². The zero-order valence-electron chi connectivity index (χ0n) is 20.6. The third-order valence-electron chi connectivity index (χ3n) is 7.04. The number of aromatic nitrogens is 2. The molecule has 0 aliphatic heterocycles. The summed E-state index contributed by atoms with van der Waals surface area (Å²) in [6.45, 7) is 6.49. The number of pyridine rings is 1. The van der Waals surface area contributed by atoms with Crippen LogP contribution in [0.2, 0.25) is 5.02 Å². The van der Waals surface area contributed by atoms with Crippen LogP contribution in [0.15, 0.2) is 48.8 Å². The third-order valence-corrected chi connectivity index (χ3v) is 7.35. The number of halogens is 2. The quantitative estimate of drug-likeness (QED) is 0.236. The Morgan fingerprint density at radius 1 is 1.14 bits per heavy atom. The highest BCUT2D eigenvalue weighted by Crippen LogP contribution is 2.29. The van der Waals surface area contributed by atoms with E-state index >= 15 is 0 Å². The molecule has 0 spiro atoms. The van der Waals surface area contributed by atoms with Gasteiger partial charge in [0, 0.05) is 46.7 Å². The average Bonchev–Trinajstić information content (AvgIpc) is 3.21. The Balaban J connectivity index is 1.33. The van der Waals surface area contributed by atoms with Gasteiger partial charge in [0.2, 0.25) is 5.91 Å². The molecule has 2 aromatic heterocycles. The average molecular weight is 494 g/mol. The molecular weight excluding hydrogens is 461 g/mol. The summed E-state index contributed by atoms with van der Waals surface area (Å²) in [7, 11) is 0. The molecule has 0 aliphatic carbocycles. The number of aromatic amines is 1. The molecule has 0 radical (unpaired) electrons. The van der Waals surface area contributed by atoms with Gasteiger partial charge in [-0.25, -0.2) is 4.39 Å². The van der Waals surface area contributed by atoms with E-state index in [4.69, 9.17) is 11.6 Å². The lowest BCUT2D eigenvalue weighted by Gasteiger charge is -2.19. The van der Waals surface area contributed by atoms with Crippen molar-refractivity contribution in [3.63, 3.8) is 0 Å². The van der Waals surface area contributed by atoms with Gasteiger partial charge in [-0.1, -0.05) is 43.5 Å². The van der Waals surface area contributed by atoms with E-state index in [2.05, 4.69) is 53.4 Å². The first-order chi connectivity index (χ1) is 16.9. The minimum Gasteiger partial charge on any atom is -0.360 e. The van der Waals surface area contributed by atoms with E-state index in [0.29, 0.717) is 22.0 Å². The fourth-order valence-electron chi connectivity index (χ4n) is 4.85. The Bertz CT molecular complexity index is 1330. The lowest BCUT2D eigenvalue weighted by atomic mass is 9.89. The summed E-state index contributed by atoms with van der Waals surface area (Å²) in [4.78, 5) is 20.5. The predicted octanol–water partition coefficient (Wildman–Crippen LogP) is 7.82. The Labute approximate surface area is 211 Å². The standard InChI is InChI=1S/C29H33ClFN3O/c1-4-19(22-12-21-11-18(3)9-10-27(21)32-15-22)7-6-8-20(5-2)29(35)34-16-23-13-24-25(30)17-33-28(24)14-26(23)31/h9-15,17,19-20,33H,4-8,16H2,1-3H3,(H,34,35). The van der Waals surface area contributed by atoms with E-state index in [1.165, 1.54) is 22.6 Å². The SMILES string of the molecule is CCC(CCCC(CC)c1cnc2ccc(C)cc2c1)C(=O)NCc1cc2c(Cl)c[nH]c2cc1F. The second-order valence-electron chi connectivity index (χ2n) is 9.45. The van der Waals surface area contributed by atoms with Crippen LogP contribution < -0.4 is 5.32 Å². The topological polar surface area (TPSA) is 57.8 Å². The van der Waals surface area contributed by atoms with Crippen LogP contribution in [0.25, 0.3) is 21.8 Å². The first-order valence-electron chi connectivity index (χ1n) is 12.5. The maximum absolute atomic E-state index is 14.5. The first kappa shape index (κ1) is 25.2. The summed E-state index contributed by atoms with van der Waals surface area (Å²) >= 11 is 6.16. The molecule has 2 heterocycles. The number of aryl methyl sites for hydroxylation is 1. The second-order valence-corrected chi connectivity index (χ2v) is 9.86. The molecule has 2 unspecified atom stereocenters. The van der Waals surface area contributed by atoms with Crippen LogP contribution in [-0.4, -0.2) is 15.9 Å². The molecule has 2 N–H and O–H groups in total. The second kappa shape index (κ2) is 11.2. The van der Waals surface area contributed by atoms with Crippen LogP contribution in [0, 0.1) is 18.7 Å². The smallest absolute Gasteiger partial charge is 0.223 e. The van der Waals surface area contributed by atoms with Gasteiger partial charge >= 0.3 is 0 Å². The van der Waals surface area contributed by atoms with Crippen LogP contribution in [0.5, 0.6) is 0 Å². The molecule has 0 saturated carbocycles. The number of hydrogen-bond donors (Lipinski definition) is 2. The van der Waals surface area contributed by atoms with E-state index in [9.17, 15) is 9.18 Å². The van der Waals surface area contributed by atoms with Crippen molar-refractivity contribution in [1.82, 2.24) is 15.3 Å². The van der Waals surface area contributed by atoms with Gasteiger partial charge in [-0.2, -0.15) is 0 Å². The van der Waals surface area contributed by atoms with Crippen molar-refractivity contribution in [1.29, 1.82) is 0 Å². The molecule has 184 valence electrons. The summed E-state index contributed by atoms with van der Waals surface area (Å²) in [5.74, 6) is -0.0511. The van der Waals surface area contributed by atoms with Gasteiger partial charge < -0.3 is 10.3 Å². The maximum atomic E-state index is 14.5. The van der Waals surface area contributed by atoms with Crippen LogP contribution in [-0.2, 0) is 11.3 Å². The van der Waals surface area contributed by atoms with Crippen molar-refractivity contribution in [2.24, 2.45) is 5.92 Å². The Kier molecular flexibility index (Phi) is 8.07. The minimum atomic E-state index is -0.352. The molecule has 2 atom stereocenters. The molecule has 0 fully saturated rings. The molecular formula is C29H33ClFN3O. The molecule has 2 aromatic carbocycles. The van der Waals surface area contributed by atoms with Gasteiger partial charge in [0.1, 0.15) is 5.82 Å². The largest absolute Gasteiger partial charge is 0.360 e. The molecule has 0 saturated heterocycles. The molecule has 0 aliphatic rings. The number of amides is 1. The molecule has 6 heteroatoms. The number of H-pyrrole nitrogens is 1. The lowest BCUT2D eigenvalue weighted by Crippen LogP contribution is -2.30. The van der Waals surface area contributed by atoms with Crippen molar-refractivity contribution >= 4 is 39.3 Å². The summed E-state index contributed by atoms with van der Waals surface area (Å²) in [5, 5.41) is 5.41. The number of rotatable bonds is 10. The van der Waals surface area contributed by atoms with Gasteiger partial charge in [0.05, 0.1) is 10.5 Å². The molecule has 4 nitrogen and oxygen atoms in total.